The van der Waals surface area contributed by atoms with Crippen LogP contribution in [0.15, 0.2) is 90.6 Å². The van der Waals surface area contributed by atoms with Gasteiger partial charge in [0.2, 0.25) is 0 Å². The molecule has 0 aromatic heterocycles. The largest absolute Gasteiger partial charge is 0.350 e. The van der Waals surface area contributed by atoms with E-state index < -0.39 is 16.7 Å². The second-order valence-corrected chi connectivity index (χ2v) is 8.50. The minimum absolute atomic E-state index is 0.0964. The van der Waals surface area contributed by atoms with Crippen LogP contribution in [0, 0.1) is 24.0 Å². The molecule has 0 atom stereocenters. The van der Waals surface area contributed by atoms with Crippen molar-refractivity contribution in [1.82, 2.24) is 0 Å². The van der Waals surface area contributed by atoms with Gasteiger partial charge in [0.15, 0.2) is 0 Å². The number of nitro benzene ring substituents is 1. The highest BCUT2D eigenvalue weighted by atomic mass is 16.6. The summed E-state index contributed by atoms with van der Waals surface area (Å²) in [4.78, 5) is 39.2. The van der Waals surface area contributed by atoms with Crippen LogP contribution in [0.2, 0.25) is 0 Å². The zero-order chi connectivity index (χ0) is 24.7. The van der Waals surface area contributed by atoms with Gasteiger partial charge in [0, 0.05) is 23.2 Å². The normalized spacial score (nSPS) is 13.6. The van der Waals surface area contributed by atoms with Crippen LogP contribution in [0.4, 0.5) is 17.1 Å². The molecule has 172 valence electrons. The lowest BCUT2D eigenvalue weighted by atomic mass is 10.0. The van der Waals surface area contributed by atoms with Crippen molar-refractivity contribution in [3.8, 4) is 0 Å². The number of hydrogen-bond donors (Lipinski definition) is 1. The number of nitrogens with zero attached hydrogens (tertiary/aromatic N) is 2. The third-order valence-electron chi connectivity index (χ3n) is 5.96. The molecule has 0 saturated heterocycles. The van der Waals surface area contributed by atoms with Crippen LogP contribution in [-0.2, 0) is 9.59 Å². The summed E-state index contributed by atoms with van der Waals surface area (Å²) in [6.07, 6.45) is 0. The number of benzene rings is 4. The molecule has 1 aliphatic heterocycles. The quantitative estimate of drug-likeness (QED) is 0.231. The van der Waals surface area contributed by atoms with Gasteiger partial charge in [0.05, 0.1) is 16.2 Å². The molecule has 35 heavy (non-hydrogen) atoms. The summed E-state index contributed by atoms with van der Waals surface area (Å²) in [5.74, 6) is -0.974. The van der Waals surface area contributed by atoms with Gasteiger partial charge >= 0.3 is 0 Å². The number of fused-ring (bicyclic) bond motifs is 1. The van der Waals surface area contributed by atoms with E-state index >= 15 is 0 Å². The van der Waals surface area contributed by atoms with Crippen LogP contribution in [0.25, 0.3) is 16.3 Å². The van der Waals surface area contributed by atoms with E-state index in [1.165, 1.54) is 24.3 Å². The number of imide groups is 1. The molecule has 2 amide bonds. The molecule has 0 radical (unpaired) electrons. The lowest BCUT2D eigenvalue weighted by molar-refractivity contribution is -0.384. The van der Waals surface area contributed by atoms with Crippen LogP contribution >= 0.6 is 0 Å². The summed E-state index contributed by atoms with van der Waals surface area (Å²) in [7, 11) is 0. The van der Waals surface area contributed by atoms with E-state index in [1.807, 2.05) is 62.4 Å². The third-order valence-corrected chi connectivity index (χ3v) is 5.96. The average Bonchev–Trinajstić information content (AvgIpc) is 3.08. The van der Waals surface area contributed by atoms with Crippen LogP contribution in [-0.4, -0.2) is 16.7 Å². The molecule has 4 aromatic rings. The average molecular weight is 463 g/mol. The molecular formula is C28H21N3O4. The summed E-state index contributed by atoms with van der Waals surface area (Å²) >= 11 is 0. The van der Waals surface area contributed by atoms with Gasteiger partial charge in [-0.25, -0.2) is 4.90 Å². The van der Waals surface area contributed by atoms with Gasteiger partial charge in [0.1, 0.15) is 5.70 Å². The second-order valence-electron chi connectivity index (χ2n) is 8.50. The van der Waals surface area contributed by atoms with E-state index in [0.29, 0.717) is 16.9 Å². The Kier molecular flexibility index (Phi) is 5.37. The fourth-order valence-electron chi connectivity index (χ4n) is 4.45. The lowest BCUT2D eigenvalue weighted by Gasteiger charge is -2.17. The van der Waals surface area contributed by atoms with Gasteiger partial charge in [-0.1, -0.05) is 42.5 Å². The first-order chi connectivity index (χ1) is 16.8. The number of hydrogen-bond acceptors (Lipinski definition) is 5. The monoisotopic (exact) mass is 463 g/mol. The molecule has 0 saturated carbocycles. The van der Waals surface area contributed by atoms with Crippen molar-refractivity contribution in [2.45, 2.75) is 13.8 Å². The minimum Gasteiger partial charge on any atom is -0.350 e. The Bertz CT molecular complexity index is 1530. The summed E-state index contributed by atoms with van der Waals surface area (Å²) < 4.78 is 0. The summed E-state index contributed by atoms with van der Waals surface area (Å²) in [5, 5.41) is 16.2. The third kappa shape index (κ3) is 3.93. The van der Waals surface area contributed by atoms with Gasteiger partial charge < -0.3 is 5.32 Å². The highest BCUT2D eigenvalue weighted by Crippen LogP contribution is 2.36. The maximum Gasteiger partial charge on any atom is 0.282 e. The van der Waals surface area contributed by atoms with Crippen molar-refractivity contribution < 1.29 is 14.5 Å². The molecule has 0 fully saturated rings. The Hall–Kier alpha value is -4.78. The van der Waals surface area contributed by atoms with Gasteiger partial charge in [-0.05, 0) is 66.3 Å². The molecule has 1 N–H and O–H groups in total. The van der Waals surface area contributed by atoms with Crippen molar-refractivity contribution in [2.75, 3.05) is 10.2 Å². The molecule has 0 aliphatic carbocycles. The summed E-state index contributed by atoms with van der Waals surface area (Å²) in [6.45, 7) is 3.81. The number of nitrogens with one attached hydrogen (secondary N) is 1. The van der Waals surface area contributed by atoms with E-state index in [4.69, 9.17) is 0 Å². The molecule has 1 heterocycles. The van der Waals surface area contributed by atoms with Gasteiger partial charge in [-0.2, -0.15) is 0 Å². The first-order valence-corrected chi connectivity index (χ1v) is 11.0. The SMILES string of the molecule is Cc1cc(C)cc(N2C(=O)C(Nc3cccc4ccccc34)=C(c3ccc([N+](=O)[O-])cc3)C2=O)c1. The number of anilines is 2. The zero-order valence-electron chi connectivity index (χ0n) is 19.1. The van der Waals surface area contributed by atoms with Crippen LogP contribution in [0.1, 0.15) is 16.7 Å². The summed E-state index contributed by atoms with van der Waals surface area (Å²) in [6, 6.07) is 24.6. The predicted molar refractivity (Wildman–Crippen MR) is 136 cm³/mol. The molecule has 7 heteroatoms. The molecular weight excluding hydrogens is 442 g/mol. The topological polar surface area (TPSA) is 92.6 Å². The number of nitro groups is 1. The van der Waals surface area contributed by atoms with E-state index in [-0.39, 0.29) is 17.0 Å². The fourth-order valence-corrected chi connectivity index (χ4v) is 4.45. The van der Waals surface area contributed by atoms with Crippen molar-refractivity contribution in [3.63, 3.8) is 0 Å². The van der Waals surface area contributed by atoms with Gasteiger partial charge in [-0.3, -0.25) is 19.7 Å². The van der Waals surface area contributed by atoms with E-state index in [1.54, 1.807) is 12.1 Å². The van der Waals surface area contributed by atoms with Crippen LogP contribution in [0.5, 0.6) is 0 Å². The van der Waals surface area contributed by atoms with Crippen LogP contribution < -0.4 is 10.2 Å². The maximum absolute atomic E-state index is 13.7. The lowest BCUT2D eigenvalue weighted by Crippen LogP contribution is -2.32. The van der Waals surface area contributed by atoms with Crippen molar-refractivity contribution in [1.29, 1.82) is 0 Å². The number of carbonyl (C=O) groups excluding carboxylic acids is 2. The molecule has 7 nitrogen and oxygen atoms in total. The molecule has 4 aromatic carbocycles. The van der Waals surface area contributed by atoms with E-state index in [0.717, 1.165) is 26.8 Å². The molecule has 1 aliphatic rings. The number of rotatable bonds is 5. The molecule has 0 spiro atoms. The van der Waals surface area contributed by atoms with Gasteiger partial charge in [-0.15, -0.1) is 0 Å². The van der Waals surface area contributed by atoms with Crippen molar-refractivity contribution in [3.05, 3.63) is 117 Å². The second kappa shape index (κ2) is 8.53. The number of carbonyl (C=O) groups is 2. The predicted octanol–water partition coefficient (Wildman–Crippen LogP) is 5.76. The number of non-ortho nitro benzene ring substituents is 1. The van der Waals surface area contributed by atoms with Crippen LogP contribution in [0.3, 0.4) is 0 Å². The fraction of sp³-hybridized carbons (Fsp3) is 0.0714. The Morgan fingerprint density at radius 3 is 2.14 bits per heavy atom. The zero-order valence-corrected chi connectivity index (χ0v) is 19.1. The highest BCUT2D eigenvalue weighted by Gasteiger charge is 2.40. The molecule has 5 rings (SSSR count). The number of amides is 2. The Balaban J connectivity index is 1.67. The smallest absolute Gasteiger partial charge is 0.282 e. The minimum atomic E-state index is -0.503. The Morgan fingerprint density at radius 2 is 1.46 bits per heavy atom. The number of aryl methyl sites for hydroxylation is 2. The first kappa shape index (κ1) is 22.0. The summed E-state index contributed by atoms with van der Waals surface area (Å²) in [5.41, 5.74) is 3.62. The maximum atomic E-state index is 13.7. The first-order valence-electron chi connectivity index (χ1n) is 11.0. The Morgan fingerprint density at radius 1 is 0.800 bits per heavy atom. The van der Waals surface area contributed by atoms with E-state index in [9.17, 15) is 19.7 Å². The standard InChI is InChI=1S/C28H21N3O4/c1-17-14-18(2)16-22(15-17)30-27(32)25(20-10-12-21(13-11-20)31(34)35)26(28(30)33)29-24-9-5-7-19-6-3-4-8-23(19)24/h3-16,29H,1-2H3. The Labute approximate surface area is 201 Å². The van der Waals surface area contributed by atoms with Crippen molar-refractivity contribution >= 4 is 45.2 Å². The molecule has 0 unspecified atom stereocenters. The van der Waals surface area contributed by atoms with E-state index in [2.05, 4.69) is 5.32 Å². The molecule has 0 bridgehead atoms. The van der Waals surface area contributed by atoms with Crippen molar-refractivity contribution in [2.24, 2.45) is 0 Å². The highest BCUT2D eigenvalue weighted by molar-refractivity contribution is 6.46. The van der Waals surface area contributed by atoms with Gasteiger partial charge in [0.25, 0.3) is 17.5 Å².